The summed E-state index contributed by atoms with van der Waals surface area (Å²) in [5.74, 6) is -1.32. The number of rotatable bonds is 10. The van der Waals surface area contributed by atoms with Gasteiger partial charge < -0.3 is 19.9 Å². The Hall–Kier alpha value is -1.14. The average molecular weight is 247 g/mol. The largest absolute Gasteiger partial charge is 0.480 e. The van der Waals surface area contributed by atoms with Crippen LogP contribution in [0.5, 0.6) is 0 Å². The normalized spacial score (nSPS) is 12.1. The van der Waals surface area contributed by atoms with Crippen molar-refractivity contribution >= 4 is 11.9 Å². The van der Waals surface area contributed by atoms with Gasteiger partial charge in [0.25, 0.3) is 0 Å². The molecule has 0 aliphatic heterocycles. The molecule has 100 valence electrons. The standard InChI is InChI=1S/C11H21NO5/c1-3-17-8-6-10(13)12-9(11(14)15)5-4-7-16-2/h9H,3-8H2,1-2H3,(H,12,13)(H,14,15). The first-order valence-electron chi connectivity index (χ1n) is 5.70. The molecule has 0 bridgehead atoms. The van der Waals surface area contributed by atoms with E-state index in [2.05, 4.69) is 5.32 Å². The van der Waals surface area contributed by atoms with Gasteiger partial charge in [-0.25, -0.2) is 4.79 Å². The molecule has 0 aliphatic rings. The summed E-state index contributed by atoms with van der Waals surface area (Å²) < 4.78 is 9.85. The van der Waals surface area contributed by atoms with Crippen molar-refractivity contribution in [2.75, 3.05) is 26.9 Å². The molecule has 0 rings (SSSR count). The summed E-state index contributed by atoms with van der Waals surface area (Å²) in [6.07, 6.45) is 1.14. The van der Waals surface area contributed by atoms with E-state index in [1.165, 1.54) is 0 Å². The van der Waals surface area contributed by atoms with Gasteiger partial charge >= 0.3 is 5.97 Å². The molecular weight excluding hydrogens is 226 g/mol. The van der Waals surface area contributed by atoms with E-state index in [0.717, 1.165) is 0 Å². The molecule has 0 aromatic carbocycles. The number of hydrogen-bond acceptors (Lipinski definition) is 4. The van der Waals surface area contributed by atoms with Crippen molar-refractivity contribution in [2.24, 2.45) is 0 Å². The zero-order valence-corrected chi connectivity index (χ0v) is 10.4. The molecule has 0 saturated heterocycles. The Morgan fingerprint density at radius 1 is 1.35 bits per heavy atom. The summed E-state index contributed by atoms with van der Waals surface area (Å²) in [6, 6.07) is -0.848. The Morgan fingerprint density at radius 2 is 2.06 bits per heavy atom. The van der Waals surface area contributed by atoms with Crippen LogP contribution in [0, 0.1) is 0 Å². The second-order valence-corrected chi connectivity index (χ2v) is 3.54. The molecule has 1 unspecified atom stereocenters. The Morgan fingerprint density at radius 3 is 2.59 bits per heavy atom. The molecule has 0 spiro atoms. The molecular formula is C11H21NO5. The van der Waals surface area contributed by atoms with Crippen LogP contribution in [0.1, 0.15) is 26.2 Å². The summed E-state index contributed by atoms with van der Waals surface area (Å²) in [5.41, 5.74) is 0. The second kappa shape index (κ2) is 10.0. The first kappa shape index (κ1) is 15.9. The molecule has 6 heteroatoms. The van der Waals surface area contributed by atoms with Crippen LogP contribution in [0.3, 0.4) is 0 Å². The maximum absolute atomic E-state index is 11.4. The smallest absolute Gasteiger partial charge is 0.326 e. The molecule has 17 heavy (non-hydrogen) atoms. The third kappa shape index (κ3) is 8.65. The van der Waals surface area contributed by atoms with Crippen LogP contribution in [0.25, 0.3) is 0 Å². The fourth-order valence-corrected chi connectivity index (χ4v) is 1.26. The number of methoxy groups -OCH3 is 1. The van der Waals surface area contributed by atoms with E-state index in [1.807, 2.05) is 6.92 Å². The van der Waals surface area contributed by atoms with Gasteiger partial charge in [0.05, 0.1) is 6.61 Å². The van der Waals surface area contributed by atoms with E-state index >= 15 is 0 Å². The molecule has 0 saturated carbocycles. The lowest BCUT2D eigenvalue weighted by atomic mass is 10.1. The quantitative estimate of drug-likeness (QED) is 0.546. The van der Waals surface area contributed by atoms with Gasteiger partial charge in [-0.05, 0) is 19.8 Å². The maximum atomic E-state index is 11.4. The summed E-state index contributed by atoms with van der Waals surface area (Å²) in [6.45, 7) is 3.18. The highest BCUT2D eigenvalue weighted by Gasteiger charge is 2.18. The van der Waals surface area contributed by atoms with Crippen LogP contribution >= 0.6 is 0 Å². The SMILES string of the molecule is CCOCCC(=O)NC(CCCOC)C(=O)O. The van der Waals surface area contributed by atoms with E-state index in [0.29, 0.717) is 32.7 Å². The zero-order chi connectivity index (χ0) is 13.1. The Kier molecular flexibility index (Phi) is 9.37. The van der Waals surface area contributed by atoms with E-state index in [1.54, 1.807) is 7.11 Å². The van der Waals surface area contributed by atoms with Crippen molar-refractivity contribution < 1.29 is 24.2 Å². The monoisotopic (exact) mass is 247 g/mol. The van der Waals surface area contributed by atoms with Crippen LogP contribution in [-0.4, -0.2) is 50.0 Å². The van der Waals surface area contributed by atoms with Crippen LogP contribution in [0.4, 0.5) is 0 Å². The summed E-state index contributed by atoms with van der Waals surface area (Å²) in [4.78, 5) is 22.3. The molecule has 0 aromatic heterocycles. The van der Waals surface area contributed by atoms with Gasteiger partial charge in [-0.15, -0.1) is 0 Å². The third-order valence-corrected chi connectivity index (χ3v) is 2.15. The molecule has 0 fully saturated rings. The van der Waals surface area contributed by atoms with Gasteiger partial charge in [0.2, 0.25) is 5.91 Å². The van der Waals surface area contributed by atoms with Crippen molar-refractivity contribution in [2.45, 2.75) is 32.2 Å². The number of carboxylic acid groups (broad SMARTS) is 1. The van der Waals surface area contributed by atoms with Crippen LogP contribution in [0.2, 0.25) is 0 Å². The van der Waals surface area contributed by atoms with Gasteiger partial charge in [0.15, 0.2) is 0 Å². The molecule has 0 radical (unpaired) electrons. The van der Waals surface area contributed by atoms with E-state index < -0.39 is 12.0 Å². The minimum absolute atomic E-state index is 0.182. The predicted molar refractivity (Wildman–Crippen MR) is 61.8 cm³/mol. The Labute approximate surface area is 101 Å². The predicted octanol–water partition coefficient (Wildman–Crippen LogP) is 0.409. The molecule has 0 aliphatic carbocycles. The van der Waals surface area contributed by atoms with Crippen molar-refractivity contribution in [1.29, 1.82) is 0 Å². The number of carboxylic acids is 1. The van der Waals surface area contributed by atoms with Crippen molar-refractivity contribution in [1.82, 2.24) is 5.32 Å². The van der Waals surface area contributed by atoms with Crippen LogP contribution in [0.15, 0.2) is 0 Å². The number of aliphatic carboxylic acids is 1. The van der Waals surface area contributed by atoms with E-state index in [4.69, 9.17) is 14.6 Å². The molecule has 0 heterocycles. The van der Waals surface area contributed by atoms with Gasteiger partial charge in [-0.2, -0.15) is 0 Å². The molecule has 1 atom stereocenters. The molecule has 2 N–H and O–H groups in total. The molecule has 0 aromatic rings. The highest BCUT2D eigenvalue weighted by atomic mass is 16.5. The fraction of sp³-hybridized carbons (Fsp3) is 0.818. The van der Waals surface area contributed by atoms with E-state index in [-0.39, 0.29) is 12.3 Å². The third-order valence-electron chi connectivity index (χ3n) is 2.15. The van der Waals surface area contributed by atoms with Gasteiger partial charge in [0.1, 0.15) is 6.04 Å². The van der Waals surface area contributed by atoms with Crippen molar-refractivity contribution in [3.05, 3.63) is 0 Å². The lowest BCUT2D eigenvalue weighted by Gasteiger charge is -2.14. The first-order valence-corrected chi connectivity index (χ1v) is 5.70. The minimum Gasteiger partial charge on any atom is -0.480 e. The number of nitrogens with one attached hydrogen (secondary N) is 1. The first-order chi connectivity index (χ1) is 8.11. The van der Waals surface area contributed by atoms with E-state index in [9.17, 15) is 9.59 Å². The fourth-order valence-electron chi connectivity index (χ4n) is 1.26. The van der Waals surface area contributed by atoms with Gasteiger partial charge in [-0.3, -0.25) is 4.79 Å². The zero-order valence-electron chi connectivity index (χ0n) is 10.4. The second-order valence-electron chi connectivity index (χ2n) is 3.54. The summed E-state index contributed by atoms with van der Waals surface area (Å²) >= 11 is 0. The number of carbonyl (C=O) groups excluding carboxylic acids is 1. The van der Waals surface area contributed by atoms with Gasteiger partial charge in [-0.1, -0.05) is 0 Å². The molecule has 1 amide bonds. The number of ether oxygens (including phenoxy) is 2. The lowest BCUT2D eigenvalue weighted by Crippen LogP contribution is -2.41. The number of amides is 1. The Balaban J connectivity index is 3.89. The summed E-state index contributed by atoms with van der Waals surface area (Å²) in [5, 5.41) is 11.4. The topological polar surface area (TPSA) is 84.9 Å². The minimum atomic E-state index is -1.02. The van der Waals surface area contributed by atoms with Gasteiger partial charge in [0, 0.05) is 26.7 Å². The number of hydrogen-bond donors (Lipinski definition) is 2. The molecule has 6 nitrogen and oxygen atoms in total. The van der Waals surface area contributed by atoms with Crippen LogP contribution in [-0.2, 0) is 19.1 Å². The van der Waals surface area contributed by atoms with Crippen LogP contribution < -0.4 is 5.32 Å². The lowest BCUT2D eigenvalue weighted by molar-refractivity contribution is -0.142. The maximum Gasteiger partial charge on any atom is 0.326 e. The number of carbonyl (C=O) groups is 2. The average Bonchev–Trinajstić information content (AvgIpc) is 2.28. The highest BCUT2D eigenvalue weighted by Crippen LogP contribution is 1.99. The van der Waals surface area contributed by atoms with Crippen molar-refractivity contribution in [3.8, 4) is 0 Å². The highest BCUT2D eigenvalue weighted by molar-refractivity contribution is 5.83. The summed E-state index contributed by atoms with van der Waals surface area (Å²) in [7, 11) is 1.55. The van der Waals surface area contributed by atoms with Crippen molar-refractivity contribution in [3.63, 3.8) is 0 Å². The Bertz CT molecular complexity index is 232.